The lowest BCUT2D eigenvalue weighted by Gasteiger charge is -2.25. The standard InChI is InChI=1S/C25H25N3O3/c1-12-9-18-22(14-5-4-6-16(29)10-14)21(13(2)26-3)25(31)23(18)17-8-7-15-11-19(30)27-28-24(15)20(12)17/h9-11,22,26H,4-8H2,1-3H3,(H,27,30)/b21-13-. The molecule has 0 aliphatic heterocycles. The molecule has 6 nitrogen and oxygen atoms in total. The van der Waals surface area contributed by atoms with Crippen molar-refractivity contribution in [1.29, 1.82) is 0 Å². The third-order valence-electron chi connectivity index (χ3n) is 6.88. The molecule has 0 saturated heterocycles. The van der Waals surface area contributed by atoms with Crippen LogP contribution >= 0.6 is 0 Å². The van der Waals surface area contributed by atoms with E-state index in [-0.39, 0.29) is 23.0 Å². The average Bonchev–Trinajstić information content (AvgIpc) is 3.04. The lowest BCUT2D eigenvalue weighted by Crippen LogP contribution is -2.17. The highest BCUT2D eigenvalue weighted by molar-refractivity contribution is 6.17. The first-order valence-corrected chi connectivity index (χ1v) is 10.8. The van der Waals surface area contributed by atoms with Crippen LogP contribution in [0.5, 0.6) is 0 Å². The smallest absolute Gasteiger partial charge is 0.264 e. The van der Waals surface area contributed by atoms with Crippen LogP contribution in [0.3, 0.4) is 0 Å². The van der Waals surface area contributed by atoms with Crippen LogP contribution in [0.25, 0.3) is 11.3 Å². The first-order chi connectivity index (χ1) is 14.9. The molecule has 0 fully saturated rings. The van der Waals surface area contributed by atoms with Crippen LogP contribution in [-0.4, -0.2) is 28.8 Å². The van der Waals surface area contributed by atoms with Gasteiger partial charge >= 0.3 is 0 Å². The number of carbonyl (C=O) groups excluding carboxylic acids is 2. The maximum Gasteiger partial charge on any atom is 0.264 e. The van der Waals surface area contributed by atoms with Crippen molar-refractivity contribution in [3.05, 3.63) is 73.2 Å². The molecule has 1 aromatic carbocycles. The molecular weight excluding hydrogens is 390 g/mol. The van der Waals surface area contributed by atoms with Gasteiger partial charge in [-0.2, -0.15) is 5.10 Å². The number of allylic oxidation sites excluding steroid dienone is 4. The summed E-state index contributed by atoms with van der Waals surface area (Å²) in [5.41, 5.74) is 8.86. The predicted molar refractivity (Wildman–Crippen MR) is 118 cm³/mol. The fourth-order valence-corrected chi connectivity index (χ4v) is 5.47. The van der Waals surface area contributed by atoms with Gasteiger partial charge in [-0.3, -0.25) is 14.4 Å². The van der Waals surface area contributed by atoms with E-state index < -0.39 is 0 Å². The largest absolute Gasteiger partial charge is 0.391 e. The zero-order chi connectivity index (χ0) is 21.9. The fourth-order valence-electron chi connectivity index (χ4n) is 5.47. The molecule has 2 aromatic rings. The fraction of sp³-hybridized carbons (Fsp3) is 0.360. The molecule has 6 heteroatoms. The number of nitrogens with zero attached hydrogens (tertiary/aromatic N) is 1. The van der Waals surface area contributed by atoms with E-state index in [0.717, 1.165) is 68.8 Å². The third kappa shape index (κ3) is 2.92. The second-order valence-electron chi connectivity index (χ2n) is 8.71. The van der Waals surface area contributed by atoms with Crippen molar-refractivity contribution in [2.24, 2.45) is 0 Å². The van der Waals surface area contributed by atoms with E-state index in [9.17, 15) is 14.4 Å². The minimum Gasteiger partial charge on any atom is -0.391 e. The zero-order valence-corrected chi connectivity index (χ0v) is 18.0. The monoisotopic (exact) mass is 415 g/mol. The first-order valence-electron chi connectivity index (χ1n) is 10.8. The van der Waals surface area contributed by atoms with Crippen molar-refractivity contribution in [2.75, 3.05) is 7.05 Å². The van der Waals surface area contributed by atoms with E-state index in [4.69, 9.17) is 0 Å². The normalized spacial score (nSPS) is 21.3. The summed E-state index contributed by atoms with van der Waals surface area (Å²) in [6.45, 7) is 3.97. The van der Waals surface area contributed by atoms with Crippen LogP contribution < -0.4 is 10.9 Å². The van der Waals surface area contributed by atoms with E-state index in [0.29, 0.717) is 19.3 Å². The van der Waals surface area contributed by atoms with Gasteiger partial charge < -0.3 is 5.32 Å². The third-order valence-corrected chi connectivity index (χ3v) is 6.88. The van der Waals surface area contributed by atoms with Gasteiger partial charge in [-0.1, -0.05) is 11.6 Å². The summed E-state index contributed by atoms with van der Waals surface area (Å²) >= 11 is 0. The summed E-state index contributed by atoms with van der Waals surface area (Å²) in [6.07, 6.45) is 5.36. The SMILES string of the molecule is CN/C(C)=C1\C(=O)c2c(cc(C)c3c2CCc2cc(=O)[nH]nc2-3)C1C1=CC(=O)CCC1. The van der Waals surface area contributed by atoms with E-state index in [1.165, 1.54) is 0 Å². The van der Waals surface area contributed by atoms with Gasteiger partial charge in [0.2, 0.25) is 0 Å². The highest BCUT2D eigenvalue weighted by Crippen LogP contribution is 2.50. The van der Waals surface area contributed by atoms with Gasteiger partial charge in [0.15, 0.2) is 11.6 Å². The molecule has 0 saturated carbocycles. The molecule has 0 amide bonds. The van der Waals surface area contributed by atoms with Gasteiger partial charge in [0, 0.05) is 47.8 Å². The molecule has 1 unspecified atom stereocenters. The Morgan fingerprint density at radius 3 is 2.65 bits per heavy atom. The second-order valence-corrected chi connectivity index (χ2v) is 8.71. The molecule has 1 aromatic heterocycles. The molecule has 0 spiro atoms. The van der Waals surface area contributed by atoms with E-state index in [1.807, 2.05) is 20.9 Å². The molecule has 0 bridgehead atoms. The predicted octanol–water partition coefficient (Wildman–Crippen LogP) is 3.30. The minimum atomic E-state index is -0.207. The van der Waals surface area contributed by atoms with Crippen LogP contribution in [0.1, 0.15) is 64.7 Å². The molecule has 1 atom stereocenters. The summed E-state index contributed by atoms with van der Waals surface area (Å²) in [6, 6.07) is 3.70. The zero-order valence-electron chi connectivity index (χ0n) is 18.0. The average molecular weight is 415 g/mol. The number of rotatable bonds is 2. The molecule has 3 aliphatic rings. The van der Waals surface area contributed by atoms with Crippen LogP contribution in [0.4, 0.5) is 0 Å². The Morgan fingerprint density at radius 1 is 1.10 bits per heavy atom. The van der Waals surface area contributed by atoms with Gasteiger partial charge in [-0.15, -0.1) is 0 Å². The molecule has 1 heterocycles. The van der Waals surface area contributed by atoms with Gasteiger partial charge in [0.1, 0.15) is 0 Å². The minimum absolute atomic E-state index is 0.0369. The molecule has 2 N–H and O–H groups in total. The number of hydrogen-bond acceptors (Lipinski definition) is 5. The topological polar surface area (TPSA) is 91.9 Å². The van der Waals surface area contributed by atoms with Crippen molar-refractivity contribution < 1.29 is 9.59 Å². The van der Waals surface area contributed by atoms with Gasteiger partial charge in [-0.25, -0.2) is 5.10 Å². The number of hydrogen-bond donors (Lipinski definition) is 2. The van der Waals surface area contributed by atoms with Crippen molar-refractivity contribution in [2.45, 2.75) is 51.9 Å². The number of benzene rings is 1. The second kappa shape index (κ2) is 7.15. The number of Topliss-reactive ketones (excluding diaryl/α,β-unsaturated/α-hetero) is 1. The maximum absolute atomic E-state index is 13.8. The Morgan fingerprint density at radius 2 is 1.90 bits per heavy atom. The highest BCUT2D eigenvalue weighted by Gasteiger charge is 2.42. The lowest BCUT2D eigenvalue weighted by molar-refractivity contribution is -0.115. The van der Waals surface area contributed by atoms with Crippen molar-refractivity contribution in [3.8, 4) is 11.3 Å². The summed E-state index contributed by atoms with van der Waals surface area (Å²) in [5.74, 6) is -0.0107. The Balaban J connectivity index is 1.79. The van der Waals surface area contributed by atoms with Gasteiger partial charge in [-0.05, 0) is 67.9 Å². The first kappa shape index (κ1) is 19.7. The number of H-pyrrole nitrogens is 1. The number of aromatic nitrogens is 2. The highest BCUT2D eigenvalue weighted by atomic mass is 16.1. The summed E-state index contributed by atoms with van der Waals surface area (Å²) in [5, 5.41) is 10.0. The van der Waals surface area contributed by atoms with Crippen molar-refractivity contribution >= 4 is 11.6 Å². The lowest BCUT2D eigenvalue weighted by atomic mass is 9.79. The Labute approximate surface area is 180 Å². The molecule has 3 aliphatic carbocycles. The van der Waals surface area contributed by atoms with Crippen LogP contribution in [0.2, 0.25) is 0 Å². The van der Waals surface area contributed by atoms with E-state index >= 15 is 0 Å². The number of ketones is 2. The summed E-state index contributed by atoms with van der Waals surface area (Å²) in [4.78, 5) is 37.8. The Kier molecular flexibility index (Phi) is 4.54. The summed E-state index contributed by atoms with van der Waals surface area (Å²) < 4.78 is 0. The van der Waals surface area contributed by atoms with E-state index in [2.05, 4.69) is 21.6 Å². The maximum atomic E-state index is 13.8. The molecule has 0 radical (unpaired) electrons. The number of aromatic amines is 1. The van der Waals surface area contributed by atoms with Crippen LogP contribution in [0, 0.1) is 6.92 Å². The van der Waals surface area contributed by atoms with Crippen LogP contribution in [-0.2, 0) is 17.6 Å². The Hall–Kier alpha value is -3.28. The number of fused-ring (bicyclic) bond motifs is 5. The number of carbonyl (C=O) groups is 2. The van der Waals surface area contributed by atoms with Gasteiger partial charge in [0.05, 0.1) is 5.69 Å². The quantitative estimate of drug-likeness (QED) is 0.735. The number of aryl methyl sites for hydroxylation is 2. The molecule has 5 rings (SSSR count). The van der Waals surface area contributed by atoms with Gasteiger partial charge in [0.25, 0.3) is 5.56 Å². The molecular formula is C25H25N3O3. The van der Waals surface area contributed by atoms with Crippen LogP contribution in [0.15, 0.2) is 39.8 Å². The van der Waals surface area contributed by atoms with Crippen molar-refractivity contribution in [1.82, 2.24) is 15.5 Å². The number of nitrogens with one attached hydrogen (secondary N) is 2. The van der Waals surface area contributed by atoms with E-state index in [1.54, 1.807) is 12.1 Å². The summed E-state index contributed by atoms with van der Waals surface area (Å²) in [7, 11) is 1.83. The molecule has 158 valence electrons. The Bertz CT molecular complexity index is 1280. The molecule has 31 heavy (non-hydrogen) atoms. The van der Waals surface area contributed by atoms with Crippen molar-refractivity contribution in [3.63, 3.8) is 0 Å².